The van der Waals surface area contributed by atoms with E-state index in [9.17, 15) is 15.0 Å². The van der Waals surface area contributed by atoms with Crippen LogP contribution in [0.4, 0.5) is 0 Å². The Morgan fingerprint density at radius 3 is 2.80 bits per heavy atom. The molecule has 0 amide bonds. The van der Waals surface area contributed by atoms with Crippen LogP contribution in [0.25, 0.3) is 0 Å². The highest BCUT2D eigenvalue weighted by Gasteiger charge is 2.15. The van der Waals surface area contributed by atoms with Gasteiger partial charge < -0.3 is 20.7 Å². The van der Waals surface area contributed by atoms with Crippen LogP contribution in [0.3, 0.4) is 0 Å². The molecule has 0 aliphatic heterocycles. The van der Waals surface area contributed by atoms with Gasteiger partial charge in [-0.25, -0.2) is 0 Å². The van der Waals surface area contributed by atoms with E-state index in [2.05, 4.69) is 4.74 Å². The second kappa shape index (κ2) is 4.65. The normalized spacial score (nSPS) is 12.1. The molecule has 1 aromatic rings. The van der Waals surface area contributed by atoms with Crippen molar-refractivity contribution >= 4 is 5.97 Å². The van der Waals surface area contributed by atoms with Crippen molar-refractivity contribution in [3.05, 3.63) is 23.8 Å². The highest BCUT2D eigenvalue weighted by Crippen LogP contribution is 2.28. The van der Waals surface area contributed by atoms with Gasteiger partial charge in [-0.2, -0.15) is 0 Å². The Morgan fingerprint density at radius 1 is 1.53 bits per heavy atom. The van der Waals surface area contributed by atoms with Crippen LogP contribution in [-0.4, -0.2) is 23.3 Å². The zero-order chi connectivity index (χ0) is 11.4. The van der Waals surface area contributed by atoms with Crippen LogP contribution in [-0.2, 0) is 9.53 Å². The van der Waals surface area contributed by atoms with E-state index in [-0.39, 0.29) is 17.9 Å². The summed E-state index contributed by atoms with van der Waals surface area (Å²) in [6.45, 7) is 0. The quantitative estimate of drug-likeness (QED) is 0.504. The van der Waals surface area contributed by atoms with Gasteiger partial charge in [0.25, 0.3) is 0 Å². The van der Waals surface area contributed by atoms with Gasteiger partial charge in [0, 0.05) is 11.6 Å². The first-order valence-electron chi connectivity index (χ1n) is 4.39. The first kappa shape index (κ1) is 11.3. The fourth-order valence-corrected chi connectivity index (χ4v) is 1.21. The second-order valence-corrected chi connectivity index (χ2v) is 3.13. The van der Waals surface area contributed by atoms with Gasteiger partial charge >= 0.3 is 5.97 Å². The van der Waals surface area contributed by atoms with E-state index in [1.165, 1.54) is 25.3 Å². The van der Waals surface area contributed by atoms with Crippen LogP contribution >= 0.6 is 0 Å². The van der Waals surface area contributed by atoms with Crippen molar-refractivity contribution in [3.8, 4) is 11.5 Å². The molecule has 0 unspecified atom stereocenters. The largest absolute Gasteiger partial charge is 0.508 e. The van der Waals surface area contributed by atoms with Gasteiger partial charge in [-0.15, -0.1) is 0 Å². The van der Waals surface area contributed by atoms with Crippen LogP contribution in [0, 0.1) is 0 Å². The number of ether oxygens (including phenoxy) is 1. The van der Waals surface area contributed by atoms with E-state index in [1.54, 1.807) is 0 Å². The maximum Gasteiger partial charge on any atom is 0.307 e. The molecule has 1 atom stereocenters. The predicted molar refractivity (Wildman–Crippen MR) is 53.3 cm³/mol. The molecule has 0 spiro atoms. The van der Waals surface area contributed by atoms with Crippen molar-refractivity contribution in [2.24, 2.45) is 5.73 Å². The summed E-state index contributed by atoms with van der Waals surface area (Å²) in [6.07, 6.45) is -0.0481. The Labute approximate surface area is 87.1 Å². The summed E-state index contributed by atoms with van der Waals surface area (Å²) in [5, 5.41) is 18.6. The number of methoxy groups -OCH3 is 1. The molecule has 1 rings (SSSR count). The molecule has 0 fully saturated rings. The molecule has 5 nitrogen and oxygen atoms in total. The number of nitrogens with two attached hydrogens (primary N) is 1. The molecular formula is C10H13NO4. The SMILES string of the molecule is COC(=O)C[C@@H](N)c1cc(O)ccc1O. The molecule has 0 aliphatic rings. The number of carbonyl (C=O) groups is 1. The van der Waals surface area contributed by atoms with E-state index in [1.807, 2.05) is 0 Å². The van der Waals surface area contributed by atoms with Gasteiger partial charge in [0.1, 0.15) is 11.5 Å². The Balaban J connectivity index is 2.85. The van der Waals surface area contributed by atoms with Crippen molar-refractivity contribution in [3.63, 3.8) is 0 Å². The average Bonchev–Trinajstić information content (AvgIpc) is 2.21. The van der Waals surface area contributed by atoms with Crippen LogP contribution in [0.15, 0.2) is 18.2 Å². The van der Waals surface area contributed by atoms with Crippen molar-refractivity contribution in [2.75, 3.05) is 7.11 Å². The average molecular weight is 211 g/mol. The molecule has 0 bridgehead atoms. The van der Waals surface area contributed by atoms with Crippen LogP contribution in [0.2, 0.25) is 0 Å². The summed E-state index contributed by atoms with van der Waals surface area (Å²) < 4.78 is 4.45. The molecular weight excluding hydrogens is 198 g/mol. The third-order valence-corrected chi connectivity index (χ3v) is 2.02. The lowest BCUT2D eigenvalue weighted by Gasteiger charge is -2.12. The minimum absolute atomic E-state index is 0.0110. The number of aromatic hydroxyl groups is 2. The number of phenolic OH excluding ortho intramolecular Hbond substituents is 2. The second-order valence-electron chi connectivity index (χ2n) is 3.13. The van der Waals surface area contributed by atoms with E-state index in [0.29, 0.717) is 5.56 Å². The van der Waals surface area contributed by atoms with Gasteiger partial charge in [0.05, 0.1) is 13.5 Å². The molecule has 5 heteroatoms. The minimum atomic E-state index is -0.690. The Hall–Kier alpha value is -1.75. The third kappa shape index (κ3) is 2.85. The van der Waals surface area contributed by atoms with Gasteiger partial charge in [-0.3, -0.25) is 4.79 Å². The summed E-state index contributed by atoms with van der Waals surface area (Å²) in [4.78, 5) is 10.9. The smallest absolute Gasteiger partial charge is 0.307 e. The maximum absolute atomic E-state index is 10.9. The summed E-state index contributed by atoms with van der Waals surface area (Å²) in [7, 11) is 1.26. The number of carbonyl (C=O) groups excluding carboxylic acids is 1. The third-order valence-electron chi connectivity index (χ3n) is 2.02. The van der Waals surface area contributed by atoms with Crippen molar-refractivity contribution in [1.29, 1.82) is 0 Å². The first-order chi connectivity index (χ1) is 7.04. The van der Waals surface area contributed by atoms with E-state index in [4.69, 9.17) is 5.73 Å². The topological polar surface area (TPSA) is 92.8 Å². The monoisotopic (exact) mass is 211 g/mol. The molecule has 0 saturated heterocycles. The Bertz CT molecular complexity index is 364. The maximum atomic E-state index is 10.9. The fourth-order valence-electron chi connectivity index (χ4n) is 1.21. The molecule has 1 aromatic carbocycles. The van der Waals surface area contributed by atoms with Crippen LogP contribution < -0.4 is 5.73 Å². The summed E-state index contributed by atoms with van der Waals surface area (Å²) in [5.41, 5.74) is 5.99. The van der Waals surface area contributed by atoms with Gasteiger partial charge in [-0.05, 0) is 18.2 Å². The Kier molecular flexibility index (Phi) is 3.51. The highest BCUT2D eigenvalue weighted by molar-refractivity contribution is 5.70. The van der Waals surface area contributed by atoms with E-state index < -0.39 is 12.0 Å². The van der Waals surface area contributed by atoms with Gasteiger partial charge in [0.2, 0.25) is 0 Å². The number of hydrogen-bond acceptors (Lipinski definition) is 5. The molecule has 15 heavy (non-hydrogen) atoms. The summed E-state index contributed by atoms with van der Waals surface area (Å²) >= 11 is 0. The van der Waals surface area contributed by atoms with E-state index in [0.717, 1.165) is 0 Å². The molecule has 4 N–H and O–H groups in total. The predicted octanol–water partition coefficient (Wildman–Crippen LogP) is 0.661. The molecule has 0 heterocycles. The molecule has 0 saturated carbocycles. The molecule has 0 aliphatic carbocycles. The first-order valence-corrected chi connectivity index (χ1v) is 4.39. The number of rotatable bonds is 3. The van der Waals surface area contributed by atoms with Gasteiger partial charge in [-0.1, -0.05) is 0 Å². The zero-order valence-electron chi connectivity index (χ0n) is 8.30. The van der Waals surface area contributed by atoms with Crippen molar-refractivity contribution < 1.29 is 19.7 Å². The van der Waals surface area contributed by atoms with E-state index >= 15 is 0 Å². The molecule has 82 valence electrons. The number of esters is 1. The van der Waals surface area contributed by atoms with Crippen LogP contribution in [0.5, 0.6) is 11.5 Å². The zero-order valence-corrected chi connectivity index (χ0v) is 8.30. The van der Waals surface area contributed by atoms with Crippen molar-refractivity contribution in [2.45, 2.75) is 12.5 Å². The lowest BCUT2D eigenvalue weighted by Crippen LogP contribution is -2.16. The van der Waals surface area contributed by atoms with Crippen molar-refractivity contribution in [1.82, 2.24) is 0 Å². The number of benzene rings is 1. The number of hydrogen-bond donors (Lipinski definition) is 3. The highest BCUT2D eigenvalue weighted by atomic mass is 16.5. The number of phenols is 2. The van der Waals surface area contributed by atoms with Gasteiger partial charge in [0.15, 0.2) is 0 Å². The lowest BCUT2D eigenvalue weighted by atomic mass is 10.0. The van der Waals surface area contributed by atoms with Crippen LogP contribution in [0.1, 0.15) is 18.0 Å². The fraction of sp³-hybridized carbons (Fsp3) is 0.300. The minimum Gasteiger partial charge on any atom is -0.508 e. The molecule has 0 aromatic heterocycles. The lowest BCUT2D eigenvalue weighted by molar-refractivity contribution is -0.141. The molecule has 0 radical (unpaired) electrons. The Morgan fingerprint density at radius 2 is 2.20 bits per heavy atom. The summed E-state index contributed by atoms with van der Waals surface area (Å²) in [6, 6.07) is 3.29. The summed E-state index contributed by atoms with van der Waals surface area (Å²) in [5.74, 6) is -0.530. The standard InChI is InChI=1S/C10H13NO4/c1-15-10(14)5-8(11)7-4-6(12)2-3-9(7)13/h2-4,8,12-13H,5,11H2,1H3/t8-/m1/s1.